The molecule has 1 atom stereocenters. The zero-order valence-corrected chi connectivity index (χ0v) is 9.19. The molecule has 0 bridgehead atoms. The first-order valence-electron chi connectivity index (χ1n) is 5.21. The van der Waals surface area contributed by atoms with Crippen molar-refractivity contribution < 1.29 is 9.53 Å². The lowest BCUT2D eigenvalue weighted by Gasteiger charge is -2.20. The Morgan fingerprint density at radius 2 is 2.44 bits per heavy atom. The second-order valence-electron chi connectivity index (χ2n) is 4.13. The zero-order chi connectivity index (χ0) is 11.6. The molecule has 1 aromatic heterocycles. The number of ether oxygens (including phenoxy) is 1. The number of hydrogen-bond acceptors (Lipinski definition) is 4. The summed E-state index contributed by atoms with van der Waals surface area (Å²) in [6.45, 7) is 2.74. The summed E-state index contributed by atoms with van der Waals surface area (Å²) in [5.41, 5.74) is 6.05. The third-order valence-electron chi connectivity index (χ3n) is 2.66. The quantitative estimate of drug-likeness (QED) is 0.760. The van der Waals surface area contributed by atoms with Gasteiger partial charge in [0.15, 0.2) is 0 Å². The second kappa shape index (κ2) is 4.19. The number of anilines is 1. The van der Waals surface area contributed by atoms with Crippen LogP contribution < -0.4 is 11.1 Å². The molecule has 0 aromatic carbocycles. The Balaban J connectivity index is 2.04. The van der Waals surface area contributed by atoms with Crippen LogP contribution >= 0.6 is 0 Å². The molecule has 16 heavy (non-hydrogen) atoms. The first-order valence-corrected chi connectivity index (χ1v) is 5.21. The molecule has 1 aliphatic heterocycles. The number of nitrogens with one attached hydrogen (secondary N) is 1. The number of carbonyl (C=O) groups excluding carboxylic acids is 1. The van der Waals surface area contributed by atoms with Crippen molar-refractivity contribution in [2.24, 2.45) is 5.73 Å². The van der Waals surface area contributed by atoms with E-state index in [1.165, 1.54) is 0 Å². The summed E-state index contributed by atoms with van der Waals surface area (Å²) in [5, 5.41) is 2.70. The fourth-order valence-electron chi connectivity index (χ4n) is 1.54. The van der Waals surface area contributed by atoms with Crippen LogP contribution in [0.3, 0.4) is 0 Å². The molecule has 3 N–H and O–H groups in total. The van der Waals surface area contributed by atoms with Crippen molar-refractivity contribution >= 4 is 11.7 Å². The van der Waals surface area contributed by atoms with Gasteiger partial charge in [0.2, 0.25) is 5.91 Å². The number of amides is 1. The smallest absolute Gasteiger partial charge is 0.248 e. The van der Waals surface area contributed by atoms with Gasteiger partial charge in [-0.05, 0) is 25.0 Å². The molecule has 1 aliphatic rings. The molecule has 1 saturated heterocycles. The van der Waals surface area contributed by atoms with Crippen molar-refractivity contribution in [3.8, 4) is 0 Å². The highest BCUT2D eigenvalue weighted by Gasteiger charge is 2.38. The van der Waals surface area contributed by atoms with Crippen LogP contribution in [0.1, 0.15) is 12.0 Å². The Morgan fingerprint density at radius 1 is 1.62 bits per heavy atom. The molecule has 1 unspecified atom stereocenters. The van der Waals surface area contributed by atoms with E-state index >= 15 is 0 Å². The summed E-state index contributed by atoms with van der Waals surface area (Å²) in [7, 11) is 0. The van der Waals surface area contributed by atoms with E-state index in [1.54, 1.807) is 12.3 Å². The molecular formula is C11H15N3O2. The molecule has 1 fully saturated rings. The number of hydrogen-bond donors (Lipinski definition) is 2. The van der Waals surface area contributed by atoms with E-state index in [0.29, 0.717) is 18.8 Å². The number of pyridine rings is 1. The number of rotatable bonds is 2. The maximum Gasteiger partial charge on any atom is 0.248 e. The van der Waals surface area contributed by atoms with Gasteiger partial charge < -0.3 is 15.8 Å². The van der Waals surface area contributed by atoms with Gasteiger partial charge in [-0.15, -0.1) is 0 Å². The molecular weight excluding hydrogens is 206 g/mol. The highest BCUT2D eigenvalue weighted by Crippen LogP contribution is 2.17. The van der Waals surface area contributed by atoms with E-state index < -0.39 is 5.54 Å². The maximum atomic E-state index is 11.9. The Bertz CT molecular complexity index is 383. The van der Waals surface area contributed by atoms with Gasteiger partial charge in [0, 0.05) is 12.8 Å². The molecule has 1 aromatic rings. The Morgan fingerprint density at radius 3 is 3.00 bits per heavy atom. The van der Waals surface area contributed by atoms with Gasteiger partial charge in [-0.25, -0.2) is 4.98 Å². The number of aryl methyl sites for hydroxylation is 1. The van der Waals surface area contributed by atoms with Gasteiger partial charge in [0.05, 0.1) is 6.61 Å². The number of nitrogens with two attached hydrogens (primary N) is 1. The molecule has 2 heterocycles. The van der Waals surface area contributed by atoms with Gasteiger partial charge in [-0.2, -0.15) is 0 Å². The van der Waals surface area contributed by atoms with Crippen LogP contribution in [-0.4, -0.2) is 29.6 Å². The minimum absolute atomic E-state index is 0.235. The molecule has 86 valence electrons. The van der Waals surface area contributed by atoms with Crippen molar-refractivity contribution in [2.45, 2.75) is 18.9 Å². The highest BCUT2D eigenvalue weighted by molar-refractivity contribution is 5.97. The van der Waals surface area contributed by atoms with Gasteiger partial charge in [0.1, 0.15) is 11.4 Å². The molecule has 5 heteroatoms. The summed E-state index contributed by atoms with van der Waals surface area (Å²) in [5.74, 6) is 0.286. The number of nitrogens with zero attached hydrogens (tertiary/aromatic N) is 1. The Hall–Kier alpha value is -1.46. The lowest BCUT2D eigenvalue weighted by molar-refractivity contribution is -0.121. The second-order valence-corrected chi connectivity index (χ2v) is 4.13. The lowest BCUT2D eigenvalue weighted by atomic mass is 9.99. The lowest BCUT2D eigenvalue weighted by Crippen LogP contribution is -2.51. The zero-order valence-electron chi connectivity index (χ0n) is 9.19. The summed E-state index contributed by atoms with van der Waals surface area (Å²) in [6.07, 6.45) is 2.24. The van der Waals surface area contributed by atoms with Crippen LogP contribution in [0.15, 0.2) is 18.3 Å². The molecule has 0 spiro atoms. The van der Waals surface area contributed by atoms with Crippen molar-refractivity contribution in [1.29, 1.82) is 0 Å². The summed E-state index contributed by atoms with van der Waals surface area (Å²) in [4.78, 5) is 16.0. The van der Waals surface area contributed by atoms with Crippen molar-refractivity contribution in [2.75, 3.05) is 18.5 Å². The van der Waals surface area contributed by atoms with Crippen molar-refractivity contribution in [3.05, 3.63) is 23.9 Å². The van der Waals surface area contributed by atoms with E-state index in [-0.39, 0.29) is 12.5 Å². The molecule has 2 rings (SSSR count). The largest absolute Gasteiger partial charge is 0.379 e. The normalized spacial score (nSPS) is 24.4. The Labute approximate surface area is 94.0 Å². The van der Waals surface area contributed by atoms with E-state index in [2.05, 4.69) is 10.3 Å². The summed E-state index contributed by atoms with van der Waals surface area (Å²) in [6, 6.07) is 3.64. The monoisotopic (exact) mass is 221 g/mol. The van der Waals surface area contributed by atoms with Gasteiger partial charge in [-0.1, -0.05) is 6.07 Å². The van der Waals surface area contributed by atoms with Crippen molar-refractivity contribution in [1.82, 2.24) is 4.98 Å². The first kappa shape index (κ1) is 11.0. The van der Waals surface area contributed by atoms with Crippen LogP contribution in [0.4, 0.5) is 5.82 Å². The molecule has 0 aliphatic carbocycles. The SMILES string of the molecule is Cc1ccc(NC(=O)C2(N)CCOC2)nc1. The Kier molecular flexibility index (Phi) is 2.89. The van der Waals surface area contributed by atoms with Gasteiger partial charge >= 0.3 is 0 Å². The van der Waals surface area contributed by atoms with Crippen LogP contribution in [-0.2, 0) is 9.53 Å². The molecule has 5 nitrogen and oxygen atoms in total. The maximum absolute atomic E-state index is 11.9. The topological polar surface area (TPSA) is 77.2 Å². The number of carbonyl (C=O) groups is 1. The van der Waals surface area contributed by atoms with Crippen LogP contribution in [0.2, 0.25) is 0 Å². The van der Waals surface area contributed by atoms with E-state index in [9.17, 15) is 4.79 Å². The molecule has 0 saturated carbocycles. The highest BCUT2D eigenvalue weighted by atomic mass is 16.5. The van der Waals surface area contributed by atoms with E-state index in [4.69, 9.17) is 10.5 Å². The fraction of sp³-hybridized carbons (Fsp3) is 0.455. The average molecular weight is 221 g/mol. The first-order chi connectivity index (χ1) is 7.60. The van der Waals surface area contributed by atoms with Crippen LogP contribution in [0.25, 0.3) is 0 Å². The fourth-order valence-corrected chi connectivity index (χ4v) is 1.54. The number of aromatic nitrogens is 1. The third-order valence-corrected chi connectivity index (χ3v) is 2.66. The minimum Gasteiger partial charge on any atom is -0.379 e. The standard InChI is InChI=1S/C11H15N3O2/c1-8-2-3-9(13-6-8)14-10(15)11(12)4-5-16-7-11/h2-3,6H,4-5,7,12H2,1H3,(H,13,14,15). The van der Waals surface area contributed by atoms with Crippen molar-refractivity contribution in [3.63, 3.8) is 0 Å². The van der Waals surface area contributed by atoms with E-state index in [0.717, 1.165) is 5.56 Å². The van der Waals surface area contributed by atoms with E-state index in [1.807, 2.05) is 13.0 Å². The summed E-state index contributed by atoms with van der Waals surface area (Å²) < 4.78 is 5.13. The molecule has 0 radical (unpaired) electrons. The van der Waals surface area contributed by atoms with Crippen LogP contribution in [0.5, 0.6) is 0 Å². The average Bonchev–Trinajstić information content (AvgIpc) is 2.70. The predicted octanol–water partition coefficient (Wildman–Crippen LogP) is 0.446. The molecule has 1 amide bonds. The minimum atomic E-state index is -0.910. The predicted molar refractivity (Wildman–Crippen MR) is 60.0 cm³/mol. The van der Waals surface area contributed by atoms with Gasteiger partial charge in [0.25, 0.3) is 0 Å². The third kappa shape index (κ3) is 2.20. The van der Waals surface area contributed by atoms with Gasteiger partial charge in [-0.3, -0.25) is 4.79 Å². The van der Waals surface area contributed by atoms with Crippen LogP contribution in [0, 0.1) is 6.92 Å². The summed E-state index contributed by atoms with van der Waals surface area (Å²) >= 11 is 0.